The third kappa shape index (κ3) is 4.39. The number of hydrogen-bond acceptors (Lipinski definition) is 4. The molecule has 0 amide bonds. The van der Waals surface area contributed by atoms with Crippen molar-refractivity contribution in [3.05, 3.63) is 36.5 Å². The molecule has 1 aromatic carbocycles. The van der Waals surface area contributed by atoms with Gasteiger partial charge in [-0.1, -0.05) is 38.5 Å². The molecule has 2 heterocycles. The topological polar surface area (TPSA) is 65.6 Å². The molecule has 2 fully saturated rings. The molecule has 29 heavy (non-hydrogen) atoms. The Kier molecular flexibility index (Phi) is 5.37. The minimum absolute atomic E-state index is 0.578. The van der Waals surface area contributed by atoms with E-state index in [9.17, 15) is 0 Å². The van der Waals surface area contributed by atoms with Crippen molar-refractivity contribution in [1.82, 2.24) is 15.0 Å². The fourth-order valence-electron chi connectivity index (χ4n) is 4.81. The summed E-state index contributed by atoms with van der Waals surface area (Å²) in [6.45, 7) is 0. The predicted octanol–water partition coefficient (Wildman–Crippen LogP) is 6.11. The lowest BCUT2D eigenvalue weighted by molar-refractivity contribution is 0.462. The number of imidazole rings is 1. The fourth-order valence-corrected chi connectivity index (χ4v) is 4.81. The van der Waals surface area contributed by atoms with Crippen LogP contribution in [0.15, 0.2) is 36.5 Å². The predicted molar refractivity (Wildman–Crippen MR) is 120 cm³/mol. The summed E-state index contributed by atoms with van der Waals surface area (Å²) >= 11 is 0. The molecule has 0 radical (unpaired) electrons. The van der Waals surface area contributed by atoms with Crippen molar-refractivity contribution >= 4 is 22.5 Å². The van der Waals surface area contributed by atoms with Gasteiger partial charge in [-0.15, -0.1) is 0 Å². The van der Waals surface area contributed by atoms with Crippen LogP contribution in [0.25, 0.3) is 22.6 Å². The number of rotatable bonds is 5. The summed E-state index contributed by atoms with van der Waals surface area (Å²) in [5.74, 6) is 0.881. The molecule has 5 rings (SSSR count). The van der Waals surface area contributed by atoms with Gasteiger partial charge in [-0.3, -0.25) is 0 Å². The number of nitrogens with zero attached hydrogens (tertiary/aromatic N) is 2. The summed E-state index contributed by atoms with van der Waals surface area (Å²) in [7, 11) is 0. The van der Waals surface area contributed by atoms with Gasteiger partial charge in [0.1, 0.15) is 5.82 Å². The van der Waals surface area contributed by atoms with E-state index >= 15 is 0 Å². The molecular weight excluding hydrogens is 358 g/mol. The van der Waals surface area contributed by atoms with E-state index in [1.54, 1.807) is 0 Å². The second-order valence-corrected chi connectivity index (χ2v) is 8.72. The minimum Gasteiger partial charge on any atom is -0.382 e. The second-order valence-electron chi connectivity index (χ2n) is 8.72. The molecule has 2 aromatic heterocycles. The van der Waals surface area contributed by atoms with Crippen LogP contribution < -0.4 is 10.6 Å². The van der Waals surface area contributed by atoms with Crippen molar-refractivity contribution in [2.75, 3.05) is 10.6 Å². The quantitative estimate of drug-likeness (QED) is 0.492. The van der Waals surface area contributed by atoms with Crippen molar-refractivity contribution in [1.29, 1.82) is 0 Å². The maximum absolute atomic E-state index is 4.70. The van der Waals surface area contributed by atoms with Gasteiger partial charge in [-0.05, 0) is 56.0 Å². The van der Waals surface area contributed by atoms with Gasteiger partial charge in [0.25, 0.3) is 0 Å². The van der Waals surface area contributed by atoms with E-state index in [1.165, 1.54) is 69.9 Å². The summed E-state index contributed by atoms with van der Waals surface area (Å²) in [5.41, 5.74) is 5.16. The summed E-state index contributed by atoms with van der Waals surface area (Å²) < 4.78 is 0. The van der Waals surface area contributed by atoms with Crippen LogP contribution in [-0.4, -0.2) is 27.0 Å². The zero-order valence-corrected chi connectivity index (χ0v) is 17.1. The Morgan fingerprint density at radius 3 is 2.03 bits per heavy atom. The molecule has 5 nitrogen and oxygen atoms in total. The Labute approximate surface area is 172 Å². The highest BCUT2D eigenvalue weighted by Gasteiger charge is 2.15. The lowest BCUT2D eigenvalue weighted by Crippen LogP contribution is -2.22. The first kappa shape index (κ1) is 18.5. The third-order valence-corrected chi connectivity index (χ3v) is 6.45. The molecule has 0 spiro atoms. The van der Waals surface area contributed by atoms with Crippen molar-refractivity contribution < 1.29 is 0 Å². The standard InChI is InChI=1S/C24H31N5/c1-3-7-18(8-4-1)26-20-13-11-17(12-14-20)23-28-22-15-21(16-25-24(22)29-23)27-19-9-5-2-6-10-19/h11-16,18-19,26-27H,1-10H2,(H,25,28,29). The SMILES string of the molecule is c1cc(-c2nc3ncc(NC4CCCCC4)cc3[nH]2)ccc1NC1CCCCC1. The van der Waals surface area contributed by atoms with E-state index in [1.807, 2.05) is 6.20 Å². The summed E-state index contributed by atoms with van der Waals surface area (Å²) in [5, 5.41) is 7.33. The van der Waals surface area contributed by atoms with Crippen LogP contribution in [0.3, 0.4) is 0 Å². The zero-order chi connectivity index (χ0) is 19.5. The van der Waals surface area contributed by atoms with Crippen molar-refractivity contribution in [3.63, 3.8) is 0 Å². The Morgan fingerprint density at radius 2 is 1.38 bits per heavy atom. The Balaban J connectivity index is 1.29. The minimum atomic E-state index is 0.578. The smallest absolute Gasteiger partial charge is 0.178 e. The third-order valence-electron chi connectivity index (χ3n) is 6.45. The molecular formula is C24H31N5. The molecule has 0 unspecified atom stereocenters. The van der Waals surface area contributed by atoms with Gasteiger partial charge in [0.15, 0.2) is 5.65 Å². The molecule has 3 aromatic rings. The van der Waals surface area contributed by atoms with E-state index < -0.39 is 0 Å². The van der Waals surface area contributed by atoms with Crippen molar-refractivity contribution in [3.8, 4) is 11.4 Å². The molecule has 0 saturated heterocycles. The molecule has 152 valence electrons. The monoisotopic (exact) mass is 389 g/mol. The largest absolute Gasteiger partial charge is 0.382 e. The van der Waals surface area contributed by atoms with Gasteiger partial charge in [0.05, 0.1) is 17.4 Å². The molecule has 2 aliphatic rings. The number of anilines is 2. The number of benzene rings is 1. The first-order chi connectivity index (χ1) is 14.3. The zero-order valence-electron chi connectivity index (χ0n) is 17.1. The van der Waals surface area contributed by atoms with Crippen LogP contribution in [0.4, 0.5) is 11.4 Å². The lowest BCUT2D eigenvalue weighted by atomic mass is 9.95. The number of hydrogen-bond donors (Lipinski definition) is 3. The number of H-pyrrole nitrogens is 1. The first-order valence-corrected chi connectivity index (χ1v) is 11.3. The molecule has 3 N–H and O–H groups in total. The first-order valence-electron chi connectivity index (χ1n) is 11.3. The van der Waals surface area contributed by atoms with E-state index in [4.69, 9.17) is 4.98 Å². The maximum Gasteiger partial charge on any atom is 0.178 e. The molecule has 0 atom stereocenters. The van der Waals surface area contributed by atoms with Crippen LogP contribution in [0.1, 0.15) is 64.2 Å². The van der Waals surface area contributed by atoms with E-state index in [0.29, 0.717) is 12.1 Å². The summed E-state index contributed by atoms with van der Waals surface area (Å²) in [6.07, 6.45) is 15.1. The van der Waals surface area contributed by atoms with E-state index in [2.05, 4.69) is 50.9 Å². The van der Waals surface area contributed by atoms with Gasteiger partial charge < -0.3 is 15.6 Å². The molecule has 2 saturated carbocycles. The van der Waals surface area contributed by atoms with E-state index in [-0.39, 0.29) is 0 Å². The van der Waals surface area contributed by atoms with Crippen LogP contribution in [0.5, 0.6) is 0 Å². The summed E-state index contributed by atoms with van der Waals surface area (Å²) in [4.78, 5) is 12.7. The highest BCUT2D eigenvalue weighted by molar-refractivity contribution is 5.79. The Bertz CT molecular complexity index is 934. The summed E-state index contributed by atoms with van der Waals surface area (Å²) in [6, 6.07) is 12.0. The highest BCUT2D eigenvalue weighted by Crippen LogP contribution is 2.26. The normalized spacial score (nSPS) is 18.8. The Hall–Kier alpha value is -2.56. The maximum atomic E-state index is 4.70. The molecule has 0 aliphatic heterocycles. The Morgan fingerprint density at radius 1 is 0.759 bits per heavy atom. The van der Waals surface area contributed by atoms with Gasteiger partial charge in [0, 0.05) is 23.3 Å². The lowest BCUT2D eigenvalue weighted by Gasteiger charge is -2.23. The number of nitrogens with one attached hydrogen (secondary N) is 3. The van der Waals surface area contributed by atoms with Crippen molar-refractivity contribution in [2.24, 2.45) is 0 Å². The van der Waals surface area contributed by atoms with Crippen molar-refractivity contribution in [2.45, 2.75) is 76.3 Å². The van der Waals surface area contributed by atoms with Crippen LogP contribution in [0.2, 0.25) is 0 Å². The number of aromatic amines is 1. The van der Waals surface area contributed by atoms with Crippen LogP contribution >= 0.6 is 0 Å². The fraction of sp³-hybridized carbons (Fsp3) is 0.500. The van der Waals surface area contributed by atoms with Gasteiger partial charge in [-0.2, -0.15) is 0 Å². The van der Waals surface area contributed by atoms with Gasteiger partial charge in [0.2, 0.25) is 0 Å². The number of pyridine rings is 1. The van der Waals surface area contributed by atoms with Gasteiger partial charge >= 0.3 is 0 Å². The molecule has 5 heteroatoms. The van der Waals surface area contributed by atoms with E-state index in [0.717, 1.165) is 28.2 Å². The van der Waals surface area contributed by atoms with Crippen LogP contribution in [-0.2, 0) is 0 Å². The average Bonchev–Trinajstić information content (AvgIpc) is 3.19. The second kappa shape index (κ2) is 8.44. The molecule has 2 aliphatic carbocycles. The highest BCUT2D eigenvalue weighted by atomic mass is 15.0. The molecule has 0 bridgehead atoms. The average molecular weight is 390 g/mol. The van der Waals surface area contributed by atoms with Gasteiger partial charge in [-0.25, -0.2) is 9.97 Å². The van der Waals surface area contributed by atoms with Crippen LogP contribution in [0, 0.1) is 0 Å². The number of fused-ring (bicyclic) bond motifs is 1. The number of aromatic nitrogens is 3.